The van der Waals surface area contributed by atoms with E-state index in [1.807, 2.05) is 45.0 Å². The lowest BCUT2D eigenvalue weighted by molar-refractivity contribution is -0.122. The van der Waals surface area contributed by atoms with Crippen LogP contribution in [-0.2, 0) is 4.79 Å². The molecule has 0 spiro atoms. The predicted molar refractivity (Wildman–Crippen MR) is 90.8 cm³/mol. The number of carbonyl (C=O) groups is 1. The van der Waals surface area contributed by atoms with Crippen LogP contribution >= 0.6 is 11.6 Å². The van der Waals surface area contributed by atoms with Crippen molar-refractivity contribution in [2.45, 2.75) is 33.8 Å². The van der Waals surface area contributed by atoms with Gasteiger partial charge in [-0.05, 0) is 62.6 Å². The highest BCUT2D eigenvalue weighted by molar-refractivity contribution is 6.31. The van der Waals surface area contributed by atoms with Crippen molar-refractivity contribution in [3.63, 3.8) is 0 Å². The molecule has 0 aliphatic heterocycles. The Bertz CT molecular complexity index is 697. The Morgan fingerprint density at radius 1 is 1.09 bits per heavy atom. The number of hydrogen-bond donors (Lipinski definition) is 1. The van der Waals surface area contributed by atoms with Crippen LogP contribution in [0.15, 0.2) is 36.4 Å². The smallest absolute Gasteiger partial charge is 0.265 e. The highest BCUT2D eigenvalue weighted by Crippen LogP contribution is 2.24. The SMILES string of the molecule is Cc1cccc(OC(C)C(=O)Nc2cccc(Cl)c2C)c1C. The third kappa shape index (κ3) is 3.60. The average Bonchev–Trinajstić information content (AvgIpc) is 2.48. The number of nitrogens with one attached hydrogen (secondary N) is 1. The minimum atomic E-state index is -0.598. The number of benzene rings is 2. The van der Waals surface area contributed by atoms with Crippen molar-refractivity contribution in [1.82, 2.24) is 0 Å². The second kappa shape index (κ2) is 6.84. The van der Waals surface area contributed by atoms with Gasteiger partial charge in [0.1, 0.15) is 5.75 Å². The summed E-state index contributed by atoms with van der Waals surface area (Å²) in [5, 5.41) is 3.48. The average molecular weight is 318 g/mol. The molecule has 0 heterocycles. The van der Waals surface area contributed by atoms with Crippen LogP contribution < -0.4 is 10.1 Å². The minimum absolute atomic E-state index is 0.203. The summed E-state index contributed by atoms with van der Waals surface area (Å²) in [5.41, 5.74) is 3.72. The van der Waals surface area contributed by atoms with Gasteiger partial charge in [-0.3, -0.25) is 4.79 Å². The van der Waals surface area contributed by atoms with Crippen LogP contribution in [0.2, 0.25) is 5.02 Å². The van der Waals surface area contributed by atoms with Gasteiger partial charge in [0, 0.05) is 10.7 Å². The summed E-state index contributed by atoms with van der Waals surface area (Å²) in [6.07, 6.45) is -0.598. The summed E-state index contributed by atoms with van der Waals surface area (Å²) in [5.74, 6) is 0.525. The standard InChI is InChI=1S/C18H20ClNO2/c1-11-7-5-10-17(12(11)2)22-14(4)18(21)20-16-9-6-8-15(19)13(16)3/h5-10,14H,1-4H3,(H,20,21). The molecule has 1 unspecified atom stereocenters. The molecule has 1 atom stereocenters. The van der Waals surface area contributed by atoms with Crippen molar-refractivity contribution in [2.75, 3.05) is 5.32 Å². The maximum Gasteiger partial charge on any atom is 0.265 e. The molecule has 0 aliphatic carbocycles. The van der Waals surface area contributed by atoms with Crippen molar-refractivity contribution in [3.8, 4) is 5.75 Å². The molecule has 1 N–H and O–H groups in total. The van der Waals surface area contributed by atoms with E-state index in [0.717, 1.165) is 22.4 Å². The van der Waals surface area contributed by atoms with Crippen molar-refractivity contribution in [1.29, 1.82) is 0 Å². The van der Waals surface area contributed by atoms with E-state index in [1.165, 1.54) is 0 Å². The second-order valence-corrected chi connectivity index (χ2v) is 5.77. The Labute approximate surface area is 136 Å². The molecule has 22 heavy (non-hydrogen) atoms. The molecule has 1 amide bonds. The van der Waals surface area contributed by atoms with Crippen LogP contribution in [-0.4, -0.2) is 12.0 Å². The van der Waals surface area contributed by atoms with E-state index in [2.05, 4.69) is 5.32 Å². The maximum atomic E-state index is 12.3. The zero-order valence-corrected chi connectivity index (χ0v) is 14.0. The number of ether oxygens (including phenoxy) is 1. The Kier molecular flexibility index (Phi) is 5.09. The number of halogens is 1. The monoisotopic (exact) mass is 317 g/mol. The normalized spacial score (nSPS) is 11.9. The molecule has 0 aromatic heterocycles. The summed E-state index contributed by atoms with van der Waals surface area (Å²) in [6.45, 7) is 7.60. The lowest BCUT2D eigenvalue weighted by Gasteiger charge is -2.18. The number of amides is 1. The number of rotatable bonds is 4. The van der Waals surface area contributed by atoms with Crippen LogP contribution in [0.1, 0.15) is 23.6 Å². The van der Waals surface area contributed by atoms with Crippen molar-refractivity contribution >= 4 is 23.2 Å². The first-order valence-corrected chi connectivity index (χ1v) is 7.56. The van der Waals surface area contributed by atoms with Crippen LogP contribution in [0.25, 0.3) is 0 Å². The second-order valence-electron chi connectivity index (χ2n) is 5.36. The molecule has 2 aromatic carbocycles. The first-order chi connectivity index (χ1) is 10.4. The van der Waals surface area contributed by atoms with E-state index in [9.17, 15) is 4.79 Å². The molecule has 0 saturated carbocycles. The van der Waals surface area contributed by atoms with Crippen LogP contribution in [0.5, 0.6) is 5.75 Å². The topological polar surface area (TPSA) is 38.3 Å². The lowest BCUT2D eigenvalue weighted by Crippen LogP contribution is -2.30. The number of aryl methyl sites for hydroxylation is 1. The lowest BCUT2D eigenvalue weighted by atomic mass is 10.1. The molecular weight excluding hydrogens is 298 g/mol. The summed E-state index contributed by atoms with van der Waals surface area (Å²) < 4.78 is 5.79. The molecule has 0 radical (unpaired) electrons. The zero-order valence-electron chi connectivity index (χ0n) is 13.2. The fraction of sp³-hybridized carbons (Fsp3) is 0.278. The van der Waals surface area contributed by atoms with Crippen molar-refractivity contribution in [2.24, 2.45) is 0 Å². The van der Waals surface area contributed by atoms with Gasteiger partial charge in [-0.25, -0.2) is 0 Å². The largest absolute Gasteiger partial charge is 0.481 e. The predicted octanol–water partition coefficient (Wildman–Crippen LogP) is 4.67. The molecule has 3 nitrogen and oxygen atoms in total. The van der Waals surface area contributed by atoms with E-state index < -0.39 is 6.10 Å². The van der Waals surface area contributed by atoms with Gasteiger partial charge >= 0.3 is 0 Å². The molecular formula is C18H20ClNO2. The van der Waals surface area contributed by atoms with E-state index in [4.69, 9.17) is 16.3 Å². The Morgan fingerprint density at radius 3 is 2.50 bits per heavy atom. The van der Waals surface area contributed by atoms with E-state index in [1.54, 1.807) is 19.1 Å². The Morgan fingerprint density at radius 2 is 1.77 bits per heavy atom. The molecule has 0 bridgehead atoms. The molecule has 0 fully saturated rings. The summed E-state index contributed by atoms with van der Waals surface area (Å²) in [6, 6.07) is 11.2. The van der Waals surface area contributed by atoms with Crippen LogP contribution in [0.4, 0.5) is 5.69 Å². The van der Waals surface area contributed by atoms with Crippen molar-refractivity contribution < 1.29 is 9.53 Å². The van der Waals surface area contributed by atoms with Gasteiger partial charge in [-0.1, -0.05) is 29.8 Å². The van der Waals surface area contributed by atoms with Crippen LogP contribution in [0.3, 0.4) is 0 Å². The maximum absolute atomic E-state index is 12.3. The molecule has 0 aliphatic rings. The van der Waals surface area contributed by atoms with Gasteiger partial charge in [-0.15, -0.1) is 0 Å². The van der Waals surface area contributed by atoms with Gasteiger partial charge in [0.2, 0.25) is 0 Å². The first-order valence-electron chi connectivity index (χ1n) is 7.19. The first kappa shape index (κ1) is 16.4. The number of carbonyl (C=O) groups excluding carboxylic acids is 1. The van der Waals surface area contributed by atoms with E-state index in [0.29, 0.717) is 10.7 Å². The van der Waals surface area contributed by atoms with Gasteiger partial charge < -0.3 is 10.1 Å². The quantitative estimate of drug-likeness (QED) is 0.889. The summed E-state index contributed by atoms with van der Waals surface area (Å²) in [7, 11) is 0. The summed E-state index contributed by atoms with van der Waals surface area (Å²) in [4.78, 5) is 12.3. The summed E-state index contributed by atoms with van der Waals surface area (Å²) >= 11 is 6.06. The number of hydrogen-bond acceptors (Lipinski definition) is 2. The fourth-order valence-electron chi connectivity index (χ4n) is 2.07. The van der Waals surface area contributed by atoms with Gasteiger partial charge in [0.25, 0.3) is 5.91 Å². The van der Waals surface area contributed by atoms with Crippen molar-refractivity contribution in [3.05, 3.63) is 58.1 Å². The van der Waals surface area contributed by atoms with Crippen LogP contribution in [0, 0.1) is 20.8 Å². The molecule has 2 rings (SSSR count). The molecule has 0 saturated heterocycles. The third-order valence-corrected chi connectivity index (χ3v) is 4.16. The highest BCUT2D eigenvalue weighted by atomic mass is 35.5. The molecule has 4 heteroatoms. The van der Waals surface area contributed by atoms with E-state index >= 15 is 0 Å². The fourth-order valence-corrected chi connectivity index (χ4v) is 2.25. The van der Waals surface area contributed by atoms with Gasteiger partial charge in [0.15, 0.2) is 6.10 Å². The van der Waals surface area contributed by atoms with Gasteiger partial charge in [0.05, 0.1) is 0 Å². The molecule has 116 valence electrons. The highest BCUT2D eigenvalue weighted by Gasteiger charge is 2.17. The Hall–Kier alpha value is -2.00. The van der Waals surface area contributed by atoms with Gasteiger partial charge in [-0.2, -0.15) is 0 Å². The van der Waals surface area contributed by atoms with E-state index in [-0.39, 0.29) is 5.91 Å². The third-order valence-electron chi connectivity index (χ3n) is 3.75. The zero-order chi connectivity index (χ0) is 16.3. The molecule has 2 aromatic rings. The Balaban J connectivity index is 2.09. The number of anilines is 1. The minimum Gasteiger partial charge on any atom is -0.481 e.